The molecule has 8 nitrogen and oxygen atoms in total. The predicted molar refractivity (Wildman–Crippen MR) is 189 cm³/mol. The van der Waals surface area contributed by atoms with Crippen LogP contribution >= 0.6 is 0 Å². The normalized spacial score (nSPS) is 9.72. The Balaban J connectivity index is 1.71. The zero-order valence-electron chi connectivity index (χ0n) is 27.3. The third kappa shape index (κ3) is 9.92. The molecule has 0 spiro atoms. The minimum absolute atomic E-state index is 0.0372. The van der Waals surface area contributed by atoms with E-state index in [-0.39, 0.29) is 28.2 Å². The Hall–Kier alpha value is -7.16. The molecule has 0 fully saturated rings. The minimum Gasteiger partial charge on any atom is -0.423 e. The summed E-state index contributed by atoms with van der Waals surface area (Å²) in [6.45, 7) is 17.1. The Bertz CT molecular complexity index is 2100. The first-order valence-corrected chi connectivity index (χ1v) is 14.9. The van der Waals surface area contributed by atoms with E-state index in [0.717, 1.165) is 12.2 Å². The number of hydrogen-bond acceptors (Lipinski definition) is 8. The number of esters is 4. The molecule has 4 aromatic carbocycles. The van der Waals surface area contributed by atoms with Crippen molar-refractivity contribution in [3.8, 4) is 57.8 Å². The van der Waals surface area contributed by atoms with Gasteiger partial charge in [0, 0.05) is 40.0 Å². The molecule has 0 saturated carbocycles. The van der Waals surface area contributed by atoms with Crippen LogP contribution in [0.4, 0.5) is 0 Å². The largest absolute Gasteiger partial charge is 0.423 e. The van der Waals surface area contributed by atoms with Crippen molar-refractivity contribution in [1.82, 2.24) is 0 Å². The Labute approximate surface area is 290 Å². The van der Waals surface area contributed by atoms with E-state index in [1.165, 1.54) is 13.8 Å². The van der Waals surface area contributed by atoms with Crippen LogP contribution in [0.3, 0.4) is 0 Å². The van der Waals surface area contributed by atoms with Crippen LogP contribution in [0.15, 0.2) is 135 Å². The lowest BCUT2D eigenvalue weighted by molar-refractivity contribution is -0.130. The van der Waals surface area contributed by atoms with E-state index >= 15 is 0 Å². The summed E-state index contributed by atoms with van der Waals surface area (Å²) in [5.41, 5.74) is 3.65. The average molecular weight is 663 g/mol. The first kappa shape index (κ1) is 35.7. The number of hydrogen-bond donors (Lipinski definition) is 0. The van der Waals surface area contributed by atoms with Crippen LogP contribution in [0.2, 0.25) is 0 Å². The monoisotopic (exact) mass is 662 g/mol. The second kappa shape index (κ2) is 16.6. The van der Waals surface area contributed by atoms with Crippen LogP contribution < -0.4 is 18.9 Å². The van der Waals surface area contributed by atoms with E-state index in [4.69, 9.17) is 18.9 Å². The molecule has 0 unspecified atom stereocenters. The van der Waals surface area contributed by atoms with Crippen molar-refractivity contribution in [3.05, 3.63) is 157 Å². The fourth-order valence-corrected chi connectivity index (χ4v) is 3.97. The zero-order chi connectivity index (χ0) is 36.2. The summed E-state index contributed by atoms with van der Waals surface area (Å²) in [6.07, 6.45) is 2.14. The summed E-state index contributed by atoms with van der Waals surface area (Å²) in [4.78, 5) is 48.3. The van der Waals surface area contributed by atoms with Gasteiger partial charge >= 0.3 is 23.9 Å². The summed E-state index contributed by atoms with van der Waals surface area (Å²) in [7, 11) is 0. The van der Waals surface area contributed by atoms with Gasteiger partial charge in [-0.25, -0.2) is 19.2 Å². The van der Waals surface area contributed by atoms with Gasteiger partial charge in [0.2, 0.25) is 0 Å². The third-order valence-electron chi connectivity index (χ3n) is 6.55. The third-order valence-corrected chi connectivity index (χ3v) is 6.55. The maximum Gasteiger partial charge on any atom is 0.338 e. The van der Waals surface area contributed by atoms with Crippen molar-refractivity contribution in [2.75, 3.05) is 0 Å². The van der Waals surface area contributed by atoms with E-state index < -0.39 is 23.9 Å². The van der Waals surface area contributed by atoms with Gasteiger partial charge in [-0.2, -0.15) is 0 Å². The van der Waals surface area contributed by atoms with E-state index in [9.17, 15) is 19.2 Å². The van der Waals surface area contributed by atoms with Crippen molar-refractivity contribution < 1.29 is 38.1 Å². The van der Waals surface area contributed by atoms with Crippen molar-refractivity contribution in [2.24, 2.45) is 0 Å². The van der Waals surface area contributed by atoms with E-state index in [1.807, 2.05) is 24.3 Å². The number of carbonyl (C=O) groups is 4. The van der Waals surface area contributed by atoms with Crippen LogP contribution in [-0.4, -0.2) is 23.9 Å². The number of carbonyl (C=O) groups excluding carboxylic acids is 4. The molecular weight excluding hydrogens is 632 g/mol. The molecule has 50 heavy (non-hydrogen) atoms. The molecule has 0 atom stereocenters. The minimum atomic E-state index is -0.701. The van der Waals surface area contributed by atoms with Gasteiger partial charge in [-0.1, -0.05) is 62.1 Å². The molecule has 0 bridgehead atoms. The van der Waals surface area contributed by atoms with Gasteiger partial charge in [0.25, 0.3) is 0 Å². The van der Waals surface area contributed by atoms with Crippen molar-refractivity contribution in [1.29, 1.82) is 0 Å². The van der Waals surface area contributed by atoms with Gasteiger partial charge in [-0.3, -0.25) is 0 Å². The van der Waals surface area contributed by atoms with E-state index in [0.29, 0.717) is 39.3 Å². The number of rotatable bonds is 9. The molecular formula is C42H30O8. The van der Waals surface area contributed by atoms with Gasteiger partial charge in [0.05, 0.1) is 0 Å². The van der Waals surface area contributed by atoms with Gasteiger partial charge in [-0.05, 0) is 97.8 Å². The quantitative estimate of drug-likeness (QED) is 0.0796. The number of benzene rings is 4. The van der Waals surface area contributed by atoms with Crippen LogP contribution in [0.5, 0.6) is 23.0 Å². The molecule has 4 rings (SSSR count). The predicted octanol–water partition coefficient (Wildman–Crippen LogP) is 7.30. The SMILES string of the molecule is C=CC(=O)Oc1ccc(C#Cc2ccc(-c3cc(OC(=O)C(=C)C)c(C#Cc4ccc(OC(=O)C=C)cc4)c(OC(=O)C(=C)C)c3)cc2)cc1. The molecule has 246 valence electrons. The number of ether oxygens (including phenoxy) is 4. The molecule has 0 aromatic heterocycles. The van der Waals surface area contributed by atoms with Crippen molar-refractivity contribution in [2.45, 2.75) is 13.8 Å². The fraction of sp³-hybridized carbons (Fsp3) is 0.0476. The van der Waals surface area contributed by atoms with Gasteiger partial charge < -0.3 is 18.9 Å². The van der Waals surface area contributed by atoms with Gasteiger partial charge in [0.1, 0.15) is 17.1 Å². The summed E-state index contributed by atoms with van der Waals surface area (Å²) in [6, 6.07) is 23.6. The lowest BCUT2D eigenvalue weighted by atomic mass is 10.0. The lowest BCUT2D eigenvalue weighted by Gasteiger charge is -2.14. The highest BCUT2D eigenvalue weighted by molar-refractivity contribution is 5.91. The second-order valence-corrected chi connectivity index (χ2v) is 10.6. The topological polar surface area (TPSA) is 105 Å². The fourth-order valence-electron chi connectivity index (χ4n) is 3.97. The Morgan fingerprint density at radius 3 is 1.24 bits per heavy atom. The molecule has 0 aliphatic rings. The highest BCUT2D eigenvalue weighted by Gasteiger charge is 2.19. The van der Waals surface area contributed by atoms with Gasteiger partial charge in [0.15, 0.2) is 11.5 Å². The molecule has 0 heterocycles. The highest BCUT2D eigenvalue weighted by Crippen LogP contribution is 2.36. The van der Waals surface area contributed by atoms with Crippen LogP contribution in [0.1, 0.15) is 36.1 Å². The van der Waals surface area contributed by atoms with E-state index in [2.05, 4.69) is 50.0 Å². The lowest BCUT2D eigenvalue weighted by Crippen LogP contribution is -2.12. The highest BCUT2D eigenvalue weighted by atomic mass is 16.6. The first-order valence-electron chi connectivity index (χ1n) is 14.9. The van der Waals surface area contributed by atoms with E-state index in [1.54, 1.807) is 60.7 Å². The Morgan fingerprint density at radius 2 is 0.880 bits per heavy atom. The molecule has 0 N–H and O–H groups in total. The van der Waals surface area contributed by atoms with Crippen LogP contribution in [0.25, 0.3) is 11.1 Å². The molecule has 0 amide bonds. The van der Waals surface area contributed by atoms with Gasteiger partial charge in [-0.15, -0.1) is 0 Å². The smallest absolute Gasteiger partial charge is 0.338 e. The average Bonchev–Trinajstić information content (AvgIpc) is 3.11. The summed E-state index contributed by atoms with van der Waals surface area (Å²) < 4.78 is 21.6. The van der Waals surface area contributed by atoms with Crippen molar-refractivity contribution in [3.63, 3.8) is 0 Å². The Kier molecular flexibility index (Phi) is 11.8. The van der Waals surface area contributed by atoms with Crippen LogP contribution in [-0.2, 0) is 19.2 Å². The Morgan fingerprint density at radius 1 is 0.520 bits per heavy atom. The zero-order valence-corrected chi connectivity index (χ0v) is 27.3. The molecule has 0 saturated heterocycles. The standard InChI is InChI=1S/C42H30O8/c1-7-39(43)47-34-20-13-30(14-21-34)10-9-29-11-18-32(19-12-29)33-25-37(49-41(45)27(3)4)36(38(26-33)50-42(46)28(5)6)24-17-31-15-22-35(23-16-31)48-40(44)8-2/h7-8,11-16,18-23,25-26H,1-3,5H2,4,6H3. The summed E-state index contributed by atoms with van der Waals surface area (Å²) >= 11 is 0. The first-order chi connectivity index (χ1) is 23.9. The van der Waals surface area contributed by atoms with Crippen LogP contribution in [0, 0.1) is 23.7 Å². The molecule has 4 aromatic rings. The summed E-state index contributed by atoms with van der Waals surface area (Å²) in [5.74, 6) is 10.3. The molecule has 8 heteroatoms. The molecule has 0 aliphatic carbocycles. The maximum absolute atomic E-state index is 12.7. The summed E-state index contributed by atoms with van der Waals surface area (Å²) in [5, 5.41) is 0. The second-order valence-electron chi connectivity index (χ2n) is 10.6. The van der Waals surface area contributed by atoms with Crippen molar-refractivity contribution >= 4 is 23.9 Å². The molecule has 0 radical (unpaired) electrons. The molecule has 0 aliphatic heterocycles. The maximum atomic E-state index is 12.7.